The van der Waals surface area contributed by atoms with E-state index in [0.717, 1.165) is 17.8 Å². The summed E-state index contributed by atoms with van der Waals surface area (Å²) < 4.78 is 40.6. The van der Waals surface area contributed by atoms with Crippen molar-refractivity contribution in [2.24, 2.45) is 0 Å². The first-order valence-corrected chi connectivity index (χ1v) is 10.9. The molecule has 1 aliphatic heterocycles. The second-order valence-corrected chi connectivity index (χ2v) is 8.11. The van der Waals surface area contributed by atoms with Crippen molar-refractivity contribution < 1.29 is 33.0 Å². The van der Waals surface area contributed by atoms with Crippen LogP contribution >= 0.6 is 0 Å². The second kappa shape index (κ2) is 10.00. The number of aromatic hydroxyl groups is 1. The first-order valence-electron chi connectivity index (χ1n) is 10.9. The molecule has 0 bridgehead atoms. The lowest BCUT2D eigenvalue weighted by molar-refractivity contribution is -0.137. The van der Waals surface area contributed by atoms with E-state index in [9.17, 15) is 27.9 Å². The Morgan fingerprint density at radius 2 is 1.53 bits per heavy atom. The Kier molecular flexibility index (Phi) is 6.83. The van der Waals surface area contributed by atoms with Gasteiger partial charge in [0.2, 0.25) is 0 Å². The third-order valence-electron chi connectivity index (χ3n) is 5.63. The Bertz CT molecular complexity index is 1350. The molecule has 1 saturated heterocycles. The van der Waals surface area contributed by atoms with Crippen LogP contribution in [0.1, 0.15) is 37.4 Å². The Labute approximate surface area is 204 Å². The highest BCUT2D eigenvalue weighted by molar-refractivity contribution is 5.95. The molecule has 3 aromatic rings. The fraction of sp³-hybridized carbons (Fsp3) is 0.192. The summed E-state index contributed by atoms with van der Waals surface area (Å²) in [7, 11) is 0. The first kappa shape index (κ1) is 24.6. The molecule has 1 aliphatic rings. The molecule has 7 nitrogen and oxygen atoms in total. The van der Waals surface area contributed by atoms with Gasteiger partial charge in [-0.3, -0.25) is 9.78 Å². The minimum absolute atomic E-state index is 0.00803. The average molecular weight is 495 g/mol. The number of aromatic nitrogens is 1. The summed E-state index contributed by atoms with van der Waals surface area (Å²) in [5.74, 6) is 3.58. The van der Waals surface area contributed by atoms with Crippen LogP contribution in [0.5, 0.6) is 5.75 Å². The molecular formula is C26H20F3N3O4. The Morgan fingerprint density at radius 3 is 2.14 bits per heavy atom. The number of hydrogen-bond donors (Lipinski definition) is 2. The number of carboxylic acids is 1. The molecule has 1 amide bonds. The number of hydrogen-bond acceptors (Lipinski definition) is 5. The molecule has 4 rings (SSSR count). The van der Waals surface area contributed by atoms with Crippen LogP contribution in [0.4, 0.5) is 18.9 Å². The smallest absolute Gasteiger partial charge is 0.416 e. The molecule has 2 aromatic carbocycles. The van der Waals surface area contributed by atoms with Crippen LogP contribution in [0.15, 0.2) is 60.9 Å². The summed E-state index contributed by atoms with van der Waals surface area (Å²) in [5, 5.41) is 18.5. The molecule has 0 unspecified atom stereocenters. The number of alkyl halides is 3. The van der Waals surface area contributed by atoms with E-state index in [1.807, 2.05) is 4.90 Å². The predicted molar refractivity (Wildman–Crippen MR) is 125 cm³/mol. The second-order valence-electron chi connectivity index (χ2n) is 8.11. The van der Waals surface area contributed by atoms with Gasteiger partial charge in [0, 0.05) is 54.8 Å². The summed E-state index contributed by atoms with van der Waals surface area (Å²) in [4.78, 5) is 31.4. The molecular weight excluding hydrogens is 475 g/mol. The van der Waals surface area contributed by atoms with Crippen LogP contribution < -0.4 is 4.90 Å². The Balaban J connectivity index is 1.52. The number of pyridine rings is 1. The maximum Gasteiger partial charge on any atom is 0.416 e. The van der Waals surface area contributed by atoms with Crippen molar-refractivity contribution in [3.8, 4) is 17.6 Å². The minimum atomic E-state index is -4.67. The van der Waals surface area contributed by atoms with E-state index in [4.69, 9.17) is 5.11 Å². The molecule has 0 radical (unpaired) electrons. The minimum Gasteiger partial charge on any atom is -0.506 e. The molecule has 1 fully saturated rings. The molecule has 0 atom stereocenters. The number of carboxylic acid groups (broad SMARTS) is 1. The molecule has 10 heteroatoms. The van der Waals surface area contributed by atoms with E-state index in [0.29, 0.717) is 18.7 Å². The number of anilines is 1. The van der Waals surface area contributed by atoms with Gasteiger partial charge in [0.15, 0.2) is 0 Å². The van der Waals surface area contributed by atoms with Gasteiger partial charge in [0.1, 0.15) is 5.75 Å². The number of benzene rings is 2. The van der Waals surface area contributed by atoms with Crippen molar-refractivity contribution in [1.82, 2.24) is 9.88 Å². The lowest BCUT2D eigenvalue weighted by atomic mass is 10.0. The molecule has 0 saturated carbocycles. The SMILES string of the molecule is O=C(O)c1ccc(N2CCN(C(=O)c3cc(C#Cc4cncc(O)c4)cc(C(F)(F)F)c3)CC2)cc1. The molecule has 36 heavy (non-hydrogen) atoms. The molecule has 0 aliphatic carbocycles. The lowest BCUT2D eigenvalue weighted by Crippen LogP contribution is -2.48. The Hall–Kier alpha value is -4.52. The van der Waals surface area contributed by atoms with Crippen molar-refractivity contribution in [2.45, 2.75) is 6.18 Å². The largest absolute Gasteiger partial charge is 0.506 e. The summed E-state index contributed by atoms with van der Waals surface area (Å²) in [5.41, 5.74) is 0.175. The molecule has 0 spiro atoms. The zero-order valence-corrected chi connectivity index (χ0v) is 18.8. The van der Waals surface area contributed by atoms with Gasteiger partial charge in [0.05, 0.1) is 17.3 Å². The fourth-order valence-corrected chi connectivity index (χ4v) is 3.79. The summed E-state index contributed by atoms with van der Waals surface area (Å²) in [6, 6.07) is 10.7. The van der Waals surface area contributed by atoms with Crippen LogP contribution in [0.25, 0.3) is 0 Å². The van der Waals surface area contributed by atoms with Gasteiger partial charge in [-0.05, 0) is 48.5 Å². The van der Waals surface area contributed by atoms with Crippen molar-refractivity contribution >= 4 is 17.6 Å². The van der Waals surface area contributed by atoms with E-state index in [-0.39, 0.29) is 35.5 Å². The summed E-state index contributed by atoms with van der Waals surface area (Å²) in [6.45, 7) is 1.44. The zero-order chi connectivity index (χ0) is 25.9. The van der Waals surface area contributed by atoms with Gasteiger partial charge >= 0.3 is 12.1 Å². The van der Waals surface area contributed by atoms with Gasteiger partial charge in [-0.25, -0.2) is 4.79 Å². The number of nitrogens with zero attached hydrogens (tertiary/aromatic N) is 3. The quantitative estimate of drug-likeness (QED) is 0.536. The Morgan fingerprint density at radius 1 is 0.861 bits per heavy atom. The molecule has 1 aromatic heterocycles. The van der Waals surface area contributed by atoms with E-state index in [2.05, 4.69) is 16.8 Å². The van der Waals surface area contributed by atoms with Crippen LogP contribution in [0.3, 0.4) is 0 Å². The number of carbonyl (C=O) groups excluding carboxylic acids is 1. The van der Waals surface area contributed by atoms with Gasteiger partial charge in [-0.1, -0.05) is 11.8 Å². The summed E-state index contributed by atoms with van der Waals surface area (Å²) >= 11 is 0. The highest BCUT2D eigenvalue weighted by atomic mass is 19.4. The predicted octanol–water partition coefficient (Wildman–Crippen LogP) is 3.87. The maximum absolute atomic E-state index is 13.5. The number of aromatic carboxylic acids is 1. The highest BCUT2D eigenvalue weighted by Crippen LogP contribution is 2.31. The highest BCUT2D eigenvalue weighted by Gasteiger charge is 2.32. The summed E-state index contributed by atoms with van der Waals surface area (Å²) in [6.07, 6.45) is -2.10. The van der Waals surface area contributed by atoms with Crippen molar-refractivity contribution in [3.05, 3.63) is 88.7 Å². The van der Waals surface area contributed by atoms with E-state index >= 15 is 0 Å². The molecule has 2 heterocycles. The number of rotatable bonds is 3. The fourth-order valence-electron chi connectivity index (χ4n) is 3.79. The van der Waals surface area contributed by atoms with Crippen molar-refractivity contribution in [3.63, 3.8) is 0 Å². The number of halogens is 3. The van der Waals surface area contributed by atoms with Gasteiger partial charge in [-0.2, -0.15) is 13.2 Å². The van der Waals surface area contributed by atoms with Gasteiger partial charge < -0.3 is 20.0 Å². The van der Waals surface area contributed by atoms with Crippen LogP contribution in [0.2, 0.25) is 0 Å². The standard InChI is InChI=1S/C26H20F3N3O4/c27-26(28,29)21-12-17(1-2-18-13-23(33)16-30-15-18)11-20(14-21)24(34)32-9-7-31(8-10-32)22-5-3-19(4-6-22)25(35)36/h3-6,11-16,33H,7-10H2,(H,35,36). The van der Waals surface area contributed by atoms with E-state index in [1.54, 1.807) is 12.1 Å². The third kappa shape index (κ3) is 5.75. The first-order chi connectivity index (χ1) is 17.1. The molecule has 184 valence electrons. The molecule has 2 N–H and O–H groups in total. The van der Waals surface area contributed by atoms with Crippen LogP contribution in [-0.2, 0) is 6.18 Å². The van der Waals surface area contributed by atoms with Crippen molar-refractivity contribution in [2.75, 3.05) is 31.1 Å². The van der Waals surface area contributed by atoms with Crippen LogP contribution in [0, 0.1) is 11.8 Å². The van der Waals surface area contributed by atoms with Gasteiger partial charge in [0.25, 0.3) is 5.91 Å². The van der Waals surface area contributed by atoms with Crippen molar-refractivity contribution in [1.29, 1.82) is 0 Å². The number of amides is 1. The number of piperazine rings is 1. The van der Waals surface area contributed by atoms with Crippen LogP contribution in [-0.4, -0.2) is 58.2 Å². The lowest BCUT2D eigenvalue weighted by Gasteiger charge is -2.36. The average Bonchev–Trinajstić information content (AvgIpc) is 2.86. The number of carbonyl (C=O) groups is 2. The third-order valence-corrected chi connectivity index (χ3v) is 5.63. The van der Waals surface area contributed by atoms with E-state index < -0.39 is 23.6 Å². The normalized spacial score (nSPS) is 13.6. The maximum atomic E-state index is 13.5. The van der Waals surface area contributed by atoms with E-state index in [1.165, 1.54) is 41.6 Å². The topological polar surface area (TPSA) is 94.0 Å². The van der Waals surface area contributed by atoms with Gasteiger partial charge in [-0.15, -0.1) is 0 Å². The monoisotopic (exact) mass is 495 g/mol. The zero-order valence-electron chi connectivity index (χ0n) is 18.8.